The average Bonchev–Trinajstić information content (AvgIpc) is 2.66. The molecule has 0 saturated carbocycles. The van der Waals surface area contributed by atoms with E-state index in [1.807, 2.05) is 0 Å². The van der Waals surface area contributed by atoms with Crippen molar-refractivity contribution in [2.24, 2.45) is 0 Å². The summed E-state index contributed by atoms with van der Waals surface area (Å²) in [7, 11) is 0. The molecule has 0 atom stereocenters. The smallest absolute Gasteiger partial charge is 0.416 e. The highest BCUT2D eigenvalue weighted by Gasteiger charge is 2.31. The summed E-state index contributed by atoms with van der Waals surface area (Å²) in [6.07, 6.45) is -4.47. The molecule has 0 spiro atoms. The highest BCUT2D eigenvalue weighted by atomic mass is 79.9. The quantitative estimate of drug-likeness (QED) is 0.900. The molecule has 1 aromatic carbocycles. The number of hydrogen-bond acceptors (Lipinski definition) is 2. The molecule has 0 radical (unpaired) electrons. The van der Waals surface area contributed by atoms with Crippen LogP contribution in [0.1, 0.15) is 21.7 Å². The maximum Gasteiger partial charge on any atom is 0.416 e. The summed E-state index contributed by atoms with van der Waals surface area (Å²) in [5, 5.41) is 12.8. The third kappa shape index (κ3) is 2.55. The van der Waals surface area contributed by atoms with Crippen LogP contribution in [-0.2, 0) is 6.18 Å². The van der Waals surface area contributed by atoms with Gasteiger partial charge in [-0.1, -0.05) is 6.07 Å². The zero-order valence-corrected chi connectivity index (χ0v) is 11.7. The molecule has 0 saturated heterocycles. The van der Waals surface area contributed by atoms with E-state index in [2.05, 4.69) is 21.0 Å². The van der Waals surface area contributed by atoms with Crippen LogP contribution in [0.25, 0.3) is 5.69 Å². The number of nitrogens with zero attached hydrogens (tertiary/aromatic N) is 2. The Balaban J connectivity index is 2.58. The van der Waals surface area contributed by atoms with Crippen molar-refractivity contribution in [2.75, 3.05) is 0 Å². The lowest BCUT2D eigenvalue weighted by Crippen LogP contribution is -2.07. The van der Waals surface area contributed by atoms with Crippen molar-refractivity contribution in [3.63, 3.8) is 0 Å². The Hall–Kier alpha value is -1.83. The van der Waals surface area contributed by atoms with E-state index in [9.17, 15) is 18.0 Å². The molecule has 8 heteroatoms. The van der Waals surface area contributed by atoms with E-state index in [-0.39, 0.29) is 15.9 Å². The number of benzene rings is 1. The van der Waals surface area contributed by atoms with Crippen molar-refractivity contribution in [3.8, 4) is 5.69 Å². The average molecular weight is 349 g/mol. The van der Waals surface area contributed by atoms with E-state index in [0.717, 1.165) is 16.8 Å². The van der Waals surface area contributed by atoms with Gasteiger partial charge in [0.15, 0.2) is 5.69 Å². The topological polar surface area (TPSA) is 55.1 Å². The first-order valence-corrected chi connectivity index (χ1v) is 6.17. The molecule has 0 bridgehead atoms. The molecule has 1 heterocycles. The lowest BCUT2D eigenvalue weighted by atomic mass is 10.2. The lowest BCUT2D eigenvalue weighted by Gasteiger charge is -2.09. The highest BCUT2D eigenvalue weighted by Crippen LogP contribution is 2.31. The predicted molar refractivity (Wildman–Crippen MR) is 68.0 cm³/mol. The van der Waals surface area contributed by atoms with Gasteiger partial charge in [0.05, 0.1) is 21.4 Å². The summed E-state index contributed by atoms with van der Waals surface area (Å²) in [6.45, 7) is 1.56. The largest absolute Gasteiger partial charge is 0.476 e. The molecule has 20 heavy (non-hydrogen) atoms. The number of carboxylic acid groups (broad SMARTS) is 1. The van der Waals surface area contributed by atoms with Crippen molar-refractivity contribution in [2.45, 2.75) is 13.1 Å². The Morgan fingerprint density at radius 1 is 1.40 bits per heavy atom. The Labute approximate surface area is 120 Å². The second kappa shape index (κ2) is 4.93. The number of rotatable bonds is 2. The van der Waals surface area contributed by atoms with Gasteiger partial charge in [0.2, 0.25) is 0 Å². The van der Waals surface area contributed by atoms with Crippen molar-refractivity contribution >= 4 is 21.9 Å². The van der Waals surface area contributed by atoms with E-state index in [4.69, 9.17) is 5.11 Å². The molecular formula is C12H8BrF3N2O2. The van der Waals surface area contributed by atoms with Crippen LogP contribution in [0, 0.1) is 6.92 Å². The number of alkyl halides is 3. The van der Waals surface area contributed by atoms with Gasteiger partial charge in [-0.15, -0.1) is 0 Å². The number of aromatic carboxylic acids is 1. The molecule has 4 nitrogen and oxygen atoms in total. The molecule has 2 aromatic rings. The third-order valence-electron chi connectivity index (χ3n) is 2.66. The van der Waals surface area contributed by atoms with Gasteiger partial charge in [-0.05, 0) is 41.1 Å². The van der Waals surface area contributed by atoms with E-state index in [1.54, 1.807) is 6.92 Å². The van der Waals surface area contributed by atoms with Crippen LogP contribution in [-0.4, -0.2) is 20.9 Å². The molecule has 1 N–H and O–H groups in total. The normalized spacial score (nSPS) is 11.7. The first-order chi connectivity index (χ1) is 9.21. The zero-order chi connectivity index (χ0) is 15.1. The molecule has 0 aliphatic rings. The number of carbonyl (C=O) groups is 1. The minimum absolute atomic E-state index is 0.144. The molecule has 1 aromatic heterocycles. The zero-order valence-electron chi connectivity index (χ0n) is 10.1. The van der Waals surface area contributed by atoms with Gasteiger partial charge >= 0.3 is 12.1 Å². The van der Waals surface area contributed by atoms with Gasteiger partial charge in [0.1, 0.15) is 0 Å². The van der Waals surface area contributed by atoms with Crippen LogP contribution in [0.5, 0.6) is 0 Å². The molecule has 0 unspecified atom stereocenters. The standard InChI is InChI=1S/C12H8BrF3N2O2/c1-6-9(13)10(11(19)20)17-18(6)8-4-2-3-7(5-8)12(14,15)16/h2-5H,1H3,(H,19,20). The molecule has 2 rings (SSSR count). The van der Waals surface area contributed by atoms with Crippen LogP contribution in [0.2, 0.25) is 0 Å². The first-order valence-electron chi connectivity index (χ1n) is 5.38. The Bertz CT molecular complexity index is 680. The second-order valence-corrected chi connectivity index (χ2v) is 4.81. The maximum atomic E-state index is 12.7. The third-order valence-corrected chi connectivity index (χ3v) is 3.61. The Kier molecular flexibility index (Phi) is 3.59. The molecule has 0 fully saturated rings. The summed E-state index contributed by atoms with van der Waals surface area (Å²) in [6, 6.07) is 4.52. The summed E-state index contributed by atoms with van der Waals surface area (Å²) >= 11 is 3.07. The summed E-state index contributed by atoms with van der Waals surface area (Å²) < 4.78 is 39.4. The highest BCUT2D eigenvalue weighted by molar-refractivity contribution is 9.10. The van der Waals surface area contributed by atoms with Gasteiger partial charge in [0.25, 0.3) is 0 Å². The van der Waals surface area contributed by atoms with Crippen molar-refractivity contribution in [1.29, 1.82) is 0 Å². The monoisotopic (exact) mass is 348 g/mol. The number of carboxylic acids is 1. The fraction of sp³-hybridized carbons (Fsp3) is 0.167. The van der Waals surface area contributed by atoms with E-state index in [1.165, 1.54) is 12.1 Å². The Morgan fingerprint density at radius 2 is 2.05 bits per heavy atom. The Morgan fingerprint density at radius 3 is 2.55 bits per heavy atom. The van der Waals surface area contributed by atoms with Crippen molar-refractivity contribution in [1.82, 2.24) is 9.78 Å². The fourth-order valence-corrected chi connectivity index (χ4v) is 2.10. The number of halogens is 4. The minimum Gasteiger partial charge on any atom is -0.476 e. The van der Waals surface area contributed by atoms with Crippen LogP contribution < -0.4 is 0 Å². The van der Waals surface area contributed by atoms with E-state index >= 15 is 0 Å². The SMILES string of the molecule is Cc1c(Br)c(C(=O)O)nn1-c1cccc(C(F)(F)F)c1. The number of aromatic nitrogens is 2. The van der Waals surface area contributed by atoms with Crippen molar-refractivity contribution < 1.29 is 23.1 Å². The maximum absolute atomic E-state index is 12.7. The van der Waals surface area contributed by atoms with Crippen molar-refractivity contribution in [3.05, 3.63) is 45.7 Å². The van der Waals surface area contributed by atoms with Gasteiger partial charge in [-0.3, -0.25) is 0 Å². The molecule has 0 amide bonds. The predicted octanol–water partition coefficient (Wildman–Crippen LogP) is 3.66. The molecule has 0 aliphatic heterocycles. The minimum atomic E-state index is -4.47. The summed E-state index contributed by atoms with van der Waals surface area (Å²) in [4.78, 5) is 11.0. The van der Waals surface area contributed by atoms with E-state index in [0.29, 0.717) is 5.69 Å². The number of hydrogen-bond donors (Lipinski definition) is 1. The molecular weight excluding hydrogens is 341 g/mol. The van der Waals surface area contributed by atoms with Crippen LogP contribution >= 0.6 is 15.9 Å². The van der Waals surface area contributed by atoms with Gasteiger partial charge in [-0.25, -0.2) is 9.48 Å². The molecule has 0 aliphatic carbocycles. The molecule has 106 valence electrons. The lowest BCUT2D eigenvalue weighted by molar-refractivity contribution is -0.137. The second-order valence-electron chi connectivity index (χ2n) is 4.01. The van der Waals surface area contributed by atoms with Gasteiger partial charge < -0.3 is 5.11 Å². The van der Waals surface area contributed by atoms with Gasteiger partial charge in [0, 0.05) is 0 Å². The van der Waals surface area contributed by atoms with Crippen LogP contribution in [0.4, 0.5) is 13.2 Å². The first kappa shape index (κ1) is 14.6. The summed E-state index contributed by atoms with van der Waals surface area (Å²) in [5.41, 5.74) is -0.523. The van der Waals surface area contributed by atoms with Crippen LogP contribution in [0.3, 0.4) is 0 Å². The van der Waals surface area contributed by atoms with Gasteiger partial charge in [-0.2, -0.15) is 18.3 Å². The van der Waals surface area contributed by atoms with E-state index < -0.39 is 17.7 Å². The van der Waals surface area contributed by atoms with Crippen LogP contribution in [0.15, 0.2) is 28.7 Å². The fourth-order valence-electron chi connectivity index (χ4n) is 1.69. The summed E-state index contributed by atoms with van der Waals surface area (Å²) in [5.74, 6) is -1.26.